The van der Waals surface area contributed by atoms with E-state index in [-0.39, 0.29) is 5.91 Å². The number of hydrogen-bond acceptors (Lipinski definition) is 4. The lowest BCUT2D eigenvalue weighted by molar-refractivity contribution is -0.126. The first-order valence-corrected chi connectivity index (χ1v) is 9.96. The quantitative estimate of drug-likeness (QED) is 0.768. The van der Waals surface area contributed by atoms with E-state index < -0.39 is 26.5 Å². The lowest BCUT2D eigenvalue weighted by Gasteiger charge is -2.35. The fraction of sp³-hybridized carbons (Fsp3) is 0.278. The van der Waals surface area contributed by atoms with Gasteiger partial charge < -0.3 is 5.32 Å². The standard InChI is InChI=1S/C18H15ClN2O3S/c1-21-9-15-16(11-4-2-3-5-14(11)25(15,23)24)18(21)12-8-10(19)6-7-13(12)20-17(18)22/h2-8,15-16H,9H2,1H3,(H,20,22)/t15-,16-,18-/m1/s1. The van der Waals surface area contributed by atoms with Gasteiger partial charge in [-0.25, -0.2) is 8.42 Å². The maximum atomic E-state index is 13.1. The topological polar surface area (TPSA) is 66.5 Å². The Hall–Kier alpha value is -1.89. The Morgan fingerprint density at radius 2 is 2.00 bits per heavy atom. The predicted octanol–water partition coefficient (Wildman–Crippen LogP) is 2.37. The number of amides is 1. The Morgan fingerprint density at radius 3 is 2.80 bits per heavy atom. The molecule has 1 spiro atoms. The Labute approximate surface area is 150 Å². The molecule has 3 aliphatic rings. The molecule has 3 heterocycles. The summed E-state index contributed by atoms with van der Waals surface area (Å²) in [7, 11) is -1.66. The highest BCUT2D eigenvalue weighted by Crippen LogP contribution is 2.60. The molecule has 1 fully saturated rings. The Balaban J connectivity index is 1.86. The molecule has 0 saturated carbocycles. The van der Waals surface area contributed by atoms with Crippen LogP contribution in [0.4, 0.5) is 5.69 Å². The fourth-order valence-corrected chi connectivity index (χ4v) is 7.27. The third-order valence-corrected chi connectivity index (χ3v) is 8.26. The number of benzene rings is 2. The Morgan fingerprint density at radius 1 is 1.24 bits per heavy atom. The van der Waals surface area contributed by atoms with Gasteiger partial charge in [-0.2, -0.15) is 0 Å². The van der Waals surface area contributed by atoms with Crippen LogP contribution in [0.5, 0.6) is 0 Å². The molecule has 5 rings (SSSR count). The summed E-state index contributed by atoms with van der Waals surface area (Å²) in [5.41, 5.74) is 1.13. The lowest BCUT2D eigenvalue weighted by Crippen LogP contribution is -2.48. The third-order valence-electron chi connectivity index (χ3n) is 5.82. The zero-order chi connectivity index (χ0) is 17.6. The van der Waals surface area contributed by atoms with Crippen molar-refractivity contribution in [3.05, 3.63) is 58.6 Å². The summed E-state index contributed by atoms with van der Waals surface area (Å²) in [6, 6.07) is 12.3. The number of hydrogen-bond donors (Lipinski definition) is 1. The molecular weight excluding hydrogens is 360 g/mol. The molecule has 3 aliphatic heterocycles. The molecule has 7 heteroatoms. The molecule has 0 unspecified atom stereocenters. The highest BCUT2D eigenvalue weighted by atomic mass is 35.5. The molecule has 3 atom stereocenters. The average molecular weight is 375 g/mol. The number of anilines is 1. The van der Waals surface area contributed by atoms with E-state index in [1.807, 2.05) is 24.1 Å². The number of carbonyl (C=O) groups excluding carboxylic acids is 1. The minimum absolute atomic E-state index is 0.188. The number of nitrogens with zero attached hydrogens (tertiary/aromatic N) is 1. The van der Waals surface area contributed by atoms with Gasteiger partial charge in [0.15, 0.2) is 9.84 Å². The predicted molar refractivity (Wildman–Crippen MR) is 94.5 cm³/mol. The van der Waals surface area contributed by atoms with Gasteiger partial charge in [-0.15, -0.1) is 0 Å². The second kappa shape index (κ2) is 4.63. The molecule has 1 N–H and O–H groups in total. The second-order valence-corrected chi connectivity index (χ2v) is 9.46. The van der Waals surface area contributed by atoms with Crippen LogP contribution in [0.15, 0.2) is 47.4 Å². The monoisotopic (exact) mass is 374 g/mol. The van der Waals surface area contributed by atoms with E-state index in [9.17, 15) is 13.2 Å². The number of nitrogens with one attached hydrogen (secondary N) is 1. The van der Waals surface area contributed by atoms with Gasteiger partial charge in [-0.1, -0.05) is 29.8 Å². The maximum Gasteiger partial charge on any atom is 0.250 e. The molecule has 2 aromatic carbocycles. The van der Waals surface area contributed by atoms with Crippen LogP contribution in [0.2, 0.25) is 5.02 Å². The van der Waals surface area contributed by atoms with Gasteiger partial charge in [0.25, 0.3) is 0 Å². The van der Waals surface area contributed by atoms with Gasteiger partial charge in [0.1, 0.15) is 5.54 Å². The van der Waals surface area contributed by atoms with Gasteiger partial charge in [0.05, 0.1) is 10.1 Å². The van der Waals surface area contributed by atoms with Crippen molar-refractivity contribution < 1.29 is 13.2 Å². The molecule has 5 nitrogen and oxygen atoms in total. The molecular formula is C18H15ClN2O3S. The molecule has 0 aliphatic carbocycles. The van der Waals surface area contributed by atoms with Crippen LogP contribution in [0.3, 0.4) is 0 Å². The number of carbonyl (C=O) groups is 1. The number of halogens is 1. The van der Waals surface area contributed by atoms with Crippen molar-refractivity contribution in [1.82, 2.24) is 4.90 Å². The number of sulfone groups is 1. The second-order valence-electron chi connectivity index (χ2n) is 6.89. The minimum Gasteiger partial charge on any atom is -0.324 e. The molecule has 1 saturated heterocycles. The van der Waals surface area contributed by atoms with Gasteiger partial charge in [-0.3, -0.25) is 9.69 Å². The van der Waals surface area contributed by atoms with Gasteiger partial charge in [0, 0.05) is 28.7 Å². The van der Waals surface area contributed by atoms with Gasteiger partial charge in [-0.05, 0) is 36.9 Å². The van der Waals surface area contributed by atoms with Crippen molar-refractivity contribution in [1.29, 1.82) is 0 Å². The van der Waals surface area contributed by atoms with Crippen molar-refractivity contribution in [3.8, 4) is 0 Å². The summed E-state index contributed by atoms with van der Waals surface area (Å²) in [6.07, 6.45) is 0. The number of rotatable bonds is 0. The van der Waals surface area contributed by atoms with Crippen LogP contribution in [0.25, 0.3) is 0 Å². The molecule has 0 radical (unpaired) electrons. The molecule has 1 amide bonds. The largest absolute Gasteiger partial charge is 0.324 e. The smallest absolute Gasteiger partial charge is 0.250 e. The van der Waals surface area contributed by atoms with E-state index in [0.717, 1.165) is 11.1 Å². The first kappa shape index (κ1) is 15.4. The molecule has 25 heavy (non-hydrogen) atoms. The van der Waals surface area contributed by atoms with Crippen molar-refractivity contribution in [3.63, 3.8) is 0 Å². The van der Waals surface area contributed by atoms with Crippen LogP contribution < -0.4 is 5.32 Å². The number of likely N-dealkylation sites (N-methyl/N-ethyl adjacent to an activating group) is 1. The maximum absolute atomic E-state index is 13.1. The number of likely N-dealkylation sites (tertiary alicyclic amines) is 1. The summed E-state index contributed by atoms with van der Waals surface area (Å²) in [5.74, 6) is -0.634. The minimum atomic E-state index is -3.47. The first-order valence-electron chi connectivity index (χ1n) is 8.04. The van der Waals surface area contributed by atoms with E-state index in [4.69, 9.17) is 11.6 Å². The van der Waals surface area contributed by atoms with E-state index in [0.29, 0.717) is 22.2 Å². The summed E-state index contributed by atoms with van der Waals surface area (Å²) >= 11 is 6.20. The summed E-state index contributed by atoms with van der Waals surface area (Å²) in [5, 5.41) is 2.82. The lowest BCUT2D eigenvalue weighted by atomic mass is 9.76. The van der Waals surface area contributed by atoms with E-state index in [2.05, 4.69) is 5.32 Å². The van der Waals surface area contributed by atoms with Crippen LogP contribution >= 0.6 is 11.6 Å². The summed E-state index contributed by atoms with van der Waals surface area (Å²) in [4.78, 5) is 15.4. The number of fused-ring (bicyclic) bond motifs is 6. The van der Waals surface area contributed by atoms with Crippen molar-refractivity contribution >= 4 is 33.0 Å². The molecule has 2 aromatic rings. The van der Waals surface area contributed by atoms with Crippen molar-refractivity contribution in [2.24, 2.45) is 0 Å². The summed E-state index contributed by atoms with van der Waals surface area (Å²) < 4.78 is 26.1. The van der Waals surface area contributed by atoms with Crippen molar-refractivity contribution in [2.45, 2.75) is 21.6 Å². The van der Waals surface area contributed by atoms with Crippen LogP contribution in [0.1, 0.15) is 17.0 Å². The van der Waals surface area contributed by atoms with E-state index in [1.165, 1.54) is 0 Å². The molecule has 0 bridgehead atoms. The summed E-state index contributed by atoms with van der Waals surface area (Å²) in [6.45, 7) is 0.307. The SMILES string of the molecule is CN1C[C@@H]2[C@@H](c3ccccc3S2(=O)=O)[C@]12C(=O)Nc1ccc(Cl)cc12. The normalized spacial score (nSPS) is 31.7. The van der Waals surface area contributed by atoms with Gasteiger partial charge in [0.2, 0.25) is 5.91 Å². The first-order chi connectivity index (χ1) is 11.9. The third kappa shape index (κ3) is 1.63. The molecule has 128 valence electrons. The van der Waals surface area contributed by atoms with E-state index >= 15 is 0 Å². The van der Waals surface area contributed by atoms with Crippen LogP contribution in [0, 0.1) is 0 Å². The van der Waals surface area contributed by atoms with Crippen LogP contribution in [-0.4, -0.2) is 38.1 Å². The average Bonchev–Trinajstić information content (AvgIpc) is 3.12. The molecule has 0 aromatic heterocycles. The zero-order valence-corrected chi connectivity index (χ0v) is 14.9. The van der Waals surface area contributed by atoms with Crippen molar-refractivity contribution in [2.75, 3.05) is 18.9 Å². The van der Waals surface area contributed by atoms with Gasteiger partial charge >= 0.3 is 0 Å². The highest BCUT2D eigenvalue weighted by molar-refractivity contribution is 7.92. The fourth-order valence-electron chi connectivity index (χ4n) is 4.86. The van der Waals surface area contributed by atoms with Crippen LogP contribution in [-0.2, 0) is 20.2 Å². The zero-order valence-electron chi connectivity index (χ0n) is 13.4. The Kier molecular flexibility index (Phi) is 2.85. The highest BCUT2D eigenvalue weighted by Gasteiger charge is 2.68. The van der Waals surface area contributed by atoms with E-state index in [1.54, 1.807) is 30.3 Å². The Bertz CT molecular complexity index is 1050.